The van der Waals surface area contributed by atoms with Gasteiger partial charge in [-0.25, -0.2) is 0 Å². The molecule has 1 aliphatic heterocycles. The smallest absolute Gasteiger partial charge is 0.0711 e. The number of nitrogens with zero attached hydrogens (tertiary/aromatic N) is 1. The van der Waals surface area contributed by atoms with E-state index in [-0.39, 0.29) is 0 Å². The average Bonchev–Trinajstić information content (AvgIpc) is 2.85. The molecule has 0 spiro atoms. The minimum absolute atomic E-state index is 1.19. The molecule has 0 N–H and O–H groups in total. The zero-order chi connectivity index (χ0) is 11.0. The van der Waals surface area contributed by atoms with Crippen LogP contribution in [0.3, 0.4) is 0 Å². The maximum absolute atomic E-state index is 4.76. The number of aryl methyl sites for hydroxylation is 1. The lowest BCUT2D eigenvalue weighted by atomic mass is 9.95. The van der Waals surface area contributed by atoms with Crippen molar-refractivity contribution in [2.45, 2.75) is 45.4 Å². The van der Waals surface area contributed by atoms with E-state index < -0.39 is 0 Å². The van der Waals surface area contributed by atoms with Gasteiger partial charge in [0.05, 0.1) is 5.69 Å². The molecule has 83 valence electrons. The van der Waals surface area contributed by atoms with E-state index in [2.05, 4.69) is 25.1 Å². The summed E-state index contributed by atoms with van der Waals surface area (Å²) < 4.78 is 0. The van der Waals surface area contributed by atoms with Crippen LogP contribution >= 0.6 is 0 Å². The van der Waals surface area contributed by atoms with Crippen molar-refractivity contribution in [3.05, 3.63) is 35.0 Å². The third-order valence-corrected chi connectivity index (χ3v) is 3.67. The van der Waals surface area contributed by atoms with Crippen LogP contribution in [0.4, 0.5) is 5.69 Å². The average molecular weight is 212 g/mol. The second-order valence-electron chi connectivity index (χ2n) is 4.81. The molecule has 1 heteroatoms. The molecule has 2 aliphatic rings. The van der Waals surface area contributed by atoms with Gasteiger partial charge in [0.1, 0.15) is 0 Å². The number of hydrogen-bond donors (Lipinski definition) is 0. The van der Waals surface area contributed by atoms with Gasteiger partial charge in [0.25, 0.3) is 0 Å². The summed E-state index contributed by atoms with van der Waals surface area (Å²) in [6.45, 7) is 2.26. The van der Waals surface area contributed by atoms with Crippen molar-refractivity contribution in [2.24, 2.45) is 0 Å². The van der Waals surface area contributed by atoms with Crippen LogP contribution in [0.15, 0.2) is 23.9 Å². The summed E-state index contributed by atoms with van der Waals surface area (Å²) >= 11 is 0. The number of unbranched alkanes of at least 4 members (excludes halogenated alkanes) is 1. The van der Waals surface area contributed by atoms with E-state index in [1.165, 1.54) is 61.0 Å². The molecule has 0 aromatic heterocycles. The second-order valence-corrected chi connectivity index (χ2v) is 4.81. The van der Waals surface area contributed by atoms with Gasteiger partial charge < -0.3 is 0 Å². The van der Waals surface area contributed by atoms with Crippen LogP contribution in [0.25, 0.3) is 5.57 Å². The standard InChI is InChI=1S/C15H18N/c1-2-3-6-11-7-4-10-14-15(11)12-8-5-9-13(12)16-14/h4,7,10H,2-3,5-6,8-9H2,1H3. The Kier molecular flexibility index (Phi) is 2.47. The van der Waals surface area contributed by atoms with Gasteiger partial charge in [-0.05, 0) is 49.3 Å². The first-order chi connectivity index (χ1) is 7.90. The minimum Gasteiger partial charge on any atom is -0.253 e. The molecule has 1 aliphatic carbocycles. The van der Waals surface area contributed by atoms with Gasteiger partial charge in [-0.15, -0.1) is 0 Å². The SMILES string of the molecule is CCCCc1cccc2c1C1=C(CCC1)[N]2. The highest BCUT2D eigenvalue weighted by Gasteiger charge is 2.28. The second kappa shape index (κ2) is 3.97. The molecule has 16 heavy (non-hydrogen) atoms. The van der Waals surface area contributed by atoms with E-state index in [1.807, 2.05) is 0 Å². The maximum atomic E-state index is 4.76. The lowest BCUT2D eigenvalue weighted by molar-refractivity contribution is 0.791. The molecule has 1 radical (unpaired) electrons. The zero-order valence-corrected chi connectivity index (χ0v) is 9.92. The Balaban J connectivity index is 1.99. The maximum Gasteiger partial charge on any atom is 0.0711 e. The molecule has 0 unspecified atom stereocenters. The minimum atomic E-state index is 1.19. The van der Waals surface area contributed by atoms with E-state index in [1.54, 1.807) is 5.57 Å². The first kappa shape index (κ1) is 9.95. The summed E-state index contributed by atoms with van der Waals surface area (Å²) in [6, 6.07) is 6.62. The number of rotatable bonds is 3. The lowest BCUT2D eigenvalue weighted by Crippen LogP contribution is -1.94. The van der Waals surface area contributed by atoms with Gasteiger partial charge in [-0.1, -0.05) is 25.5 Å². The summed E-state index contributed by atoms with van der Waals surface area (Å²) in [6.07, 6.45) is 7.51. The summed E-state index contributed by atoms with van der Waals surface area (Å²) in [5, 5.41) is 4.76. The van der Waals surface area contributed by atoms with Crippen molar-refractivity contribution < 1.29 is 0 Å². The van der Waals surface area contributed by atoms with E-state index in [4.69, 9.17) is 5.32 Å². The van der Waals surface area contributed by atoms with Crippen LogP contribution in [0.2, 0.25) is 0 Å². The molecule has 0 saturated carbocycles. The molecule has 0 atom stereocenters. The largest absolute Gasteiger partial charge is 0.253 e. The number of fused-ring (bicyclic) bond motifs is 2. The van der Waals surface area contributed by atoms with Crippen LogP contribution in [-0.4, -0.2) is 0 Å². The van der Waals surface area contributed by atoms with Gasteiger partial charge in [0.2, 0.25) is 0 Å². The third-order valence-electron chi connectivity index (χ3n) is 3.67. The van der Waals surface area contributed by atoms with E-state index in [9.17, 15) is 0 Å². The molecule has 1 heterocycles. The molecular formula is C15H18N. The molecular weight excluding hydrogens is 194 g/mol. The fraction of sp³-hybridized carbons (Fsp3) is 0.467. The number of benzene rings is 1. The topological polar surface area (TPSA) is 14.1 Å². The van der Waals surface area contributed by atoms with Crippen molar-refractivity contribution in [3.63, 3.8) is 0 Å². The van der Waals surface area contributed by atoms with Gasteiger partial charge >= 0.3 is 0 Å². The van der Waals surface area contributed by atoms with Crippen molar-refractivity contribution in [1.82, 2.24) is 5.32 Å². The van der Waals surface area contributed by atoms with Crippen LogP contribution in [0.5, 0.6) is 0 Å². The summed E-state index contributed by atoms with van der Waals surface area (Å²) in [7, 11) is 0. The van der Waals surface area contributed by atoms with Crippen LogP contribution in [0, 0.1) is 0 Å². The molecule has 3 rings (SSSR count). The number of hydrogen-bond acceptors (Lipinski definition) is 0. The highest BCUT2D eigenvalue weighted by Crippen LogP contribution is 2.45. The van der Waals surface area contributed by atoms with Crippen LogP contribution in [0.1, 0.15) is 50.2 Å². The summed E-state index contributed by atoms with van der Waals surface area (Å²) in [4.78, 5) is 0. The predicted octanol–water partition coefficient (Wildman–Crippen LogP) is 4.17. The first-order valence-electron chi connectivity index (χ1n) is 6.46. The molecule has 1 aromatic carbocycles. The Hall–Kier alpha value is -1.24. The highest BCUT2D eigenvalue weighted by molar-refractivity contribution is 5.85. The lowest BCUT2D eigenvalue weighted by Gasteiger charge is -2.09. The molecule has 0 saturated heterocycles. The van der Waals surface area contributed by atoms with Crippen molar-refractivity contribution in [1.29, 1.82) is 0 Å². The van der Waals surface area contributed by atoms with Gasteiger partial charge in [0.15, 0.2) is 0 Å². The molecule has 1 nitrogen and oxygen atoms in total. The van der Waals surface area contributed by atoms with Gasteiger partial charge in [-0.3, -0.25) is 5.32 Å². The molecule has 0 fully saturated rings. The van der Waals surface area contributed by atoms with Crippen LogP contribution in [-0.2, 0) is 6.42 Å². The third kappa shape index (κ3) is 1.46. The quantitative estimate of drug-likeness (QED) is 0.714. The fourth-order valence-electron chi connectivity index (χ4n) is 2.87. The Morgan fingerprint density at radius 3 is 3.06 bits per heavy atom. The molecule has 0 bridgehead atoms. The van der Waals surface area contributed by atoms with Gasteiger partial charge in [-0.2, -0.15) is 0 Å². The Morgan fingerprint density at radius 1 is 1.25 bits per heavy atom. The van der Waals surface area contributed by atoms with Crippen molar-refractivity contribution in [3.8, 4) is 0 Å². The number of allylic oxidation sites excluding steroid dienone is 2. The first-order valence-corrected chi connectivity index (χ1v) is 6.46. The highest BCUT2D eigenvalue weighted by atomic mass is 14.9. The zero-order valence-electron chi connectivity index (χ0n) is 9.92. The van der Waals surface area contributed by atoms with E-state index in [0.717, 1.165) is 0 Å². The Labute approximate surface area is 97.6 Å². The van der Waals surface area contributed by atoms with Crippen molar-refractivity contribution >= 4 is 11.3 Å². The fourth-order valence-corrected chi connectivity index (χ4v) is 2.87. The molecule has 1 aromatic rings. The van der Waals surface area contributed by atoms with E-state index >= 15 is 0 Å². The van der Waals surface area contributed by atoms with E-state index in [0.29, 0.717) is 0 Å². The predicted molar refractivity (Wildman–Crippen MR) is 67.6 cm³/mol. The normalized spacial score (nSPS) is 17.3. The Bertz CT molecular complexity index is 443. The summed E-state index contributed by atoms with van der Waals surface area (Å²) in [5.41, 5.74) is 7.18. The summed E-state index contributed by atoms with van der Waals surface area (Å²) in [5.74, 6) is 0. The molecule has 0 amide bonds. The Morgan fingerprint density at radius 2 is 2.19 bits per heavy atom. The van der Waals surface area contributed by atoms with Crippen LogP contribution < -0.4 is 5.32 Å². The van der Waals surface area contributed by atoms with Crippen molar-refractivity contribution in [2.75, 3.05) is 0 Å². The monoisotopic (exact) mass is 212 g/mol. The van der Waals surface area contributed by atoms with Gasteiger partial charge in [0, 0.05) is 11.3 Å².